The molecule has 138 valence electrons. The SMILES string of the molecule is CC([NH2+]CC=C(c1ccsc1)c1ccsc1)C(O)C1CCCCC1.[Cl-]. The van der Waals surface area contributed by atoms with E-state index < -0.39 is 0 Å². The van der Waals surface area contributed by atoms with Gasteiger partial charge in [-0.25, -0.2) is 0 Å². The third-order valence-corrected chi connectivity index (χ3v) is 6.53. The highest BCUT2D eigenvalue weighted by molar-refractivity contribution is 7.08. The average molecular weight is 398 g/mol. The molecule has 2 nitrogen and oxygen atoms in total. The maximum atomic E-state index is 10.6. The molecule has 1 fully saturated rings. The molecule has 2 unspecified atom stereocenters. The van der Waals surface area contributed by atoms with Gasteiger partial charge in [-0.1, -0.05) is 19.3 Å². The fraction of sp³-hybridized carbons (Fsp3) is 0.500. The molecule has 0 amide bonds. The van der Waals surface area contributed by atoms with E-state index in [1.54, 1.807) is 22.7 Å². The van der Waals surface area contributed by atoms with Crippen molar-refractivity contribution < 1.29 is 22.8 Å². The third-order valence-electron chi connectivity index (χ3n) is 5.17. The molecule has 2 aromatic rings. The Morgan fingerprint density at radius 2 is 1.76 bits per heavy atom. The van der Waals surface area contributed by atoms with Crippen LogP contribution >= 0.6 is 22.7 Å². The van der Waals surface area contributed by atoms with E-state index in [4.69, 9.17) is 0 Å². The van der Waals surface area contributed by atoms with Crippen molar-refractivity contribution in [3.8, 4) is 0 Å². The summed E-state index contributed by atoms with van der Waals surface area (Å²) in [5.74, 6) is 0.502. The summed E-state index contributed by atoms with van der Waals surface area (Å²) < 4.78 is 0. The van der Waals surface area contributed by atoms with Crippen LogP contribution in [-0.4, -0.2) is 23.8 Å². The number of rotatable bonds is 7. The van der Waals surface area contributed by atoms with Crippen molar-refractivity contribution in [1.82, 2.24) is 0 Å². The topological polar surface area (TPSA) is 36.8 Å². The number of aliphatic hydroxyl groups is 1. The fourth-order valence-electron chi connectivity index (χ4n) is 3.68. The highest BCUT2D eigenvalue weighted by atomic mass is 35.5. The Morgan fingerprint density at radius 1 is 1.16 bits per heavy atom. The monoisotopic (exact) mass is 397 g/mol. The Morgan fingerprint density at radius 3 is 2.28 bits per heavy atom. The minimum absolute atomic E-state index is 0. The van der Waals surface area contributed by atoms with Crippen LogP contribution in [0.3, 0.4) is 0 Å². The highest BCUT2D eigenvalue weighted by Gasteiger charge is 2.27. The molecule has 0 aromatic carbocycles. The zero-order chi connectivity index (χ0) is 16.8. The fourth-order valence-corrected chi connectivity index (χ4v) is 4.99. The normalized spacial score (nSPS) is 17.5. The van der Waals surface area contributed by atoms with Crippen LogP contribution in [0.5, 0.6) is 0 Å². The van der Waals surface area contributed by atoms with E-state index in [1.165, 1.54) is 48.8 Å². The van der Waals surface area contributed by atoms with E-state index in [-0.39, 0.29) is 24.6 Å². The summed E-state index contributed by atoms with van der Waals surface area (Å²) in [5, 5.41) is 21.6. The van der Waals surface area contributed by atoms with E-state index >= 15 is 0 Å². The number of hydrogen-bond acceptors (Lipinski definition) is 3. The Bertz CT molecular complexity index is 582. The van der Waals surface area contributed by atoms with Gasteiger partial charge in [-0.2, -0.15) is 22.7 Å². The van der Waals surface area contributed by atoms with Crippen LogP contribution in [-0.2, 0) is 0 Å². The van der Waals surface area contributed by atoms with E-state index in [9.17, 15) is 5.11 Å². The molecule has 3 N–H and O–H groups in total. The van der Waals surface area contributed by atoms with Crippen molar-refractivity contribution in [2.75, 3.05) is 6.54 Å². The Balaban J connectivity index is 0.00000225. The van der Waals surface area contributed by atoms with Crippen molar-refractivity contribution >= 4 is 28.2 Å². The summed E-state index contributed by atoms with van der Waals surface area (Å²) in [4.78, 5) is 0. The summed E-state index contributed by atoms with van der Waals surface area (Å²) in [6, 6.07) is 4.64. The molecule has 0 saturated heterocycles. The molecule has 25 heavy (non-hydrogen) atoms. The molecule has 2 aromatic heterocycles. The first kappa shape index (κ1) is 20.7. The second-order valence-electron chi connectivity index (χ2n) is 6.86. The Labute approximate surface area is 165 Å². The smallest absolute Gasteiger partial charge is 0.110 e. The van der Waals surface area contributed by atoms with Crippen LogP contribution in [0.4, 0.5) is 0 Å². The van der Waals surface area contributed by atoms with Gasteiger partial charge in [0.2, 0.25) is 0 Å². The van der Waals surface area contributed by atoms with Crippen molar-refractivity contribution in [3.63, 3.8) is 0 Å². The molecule has 3 rings (SSSR count). The maximum absolute atomic E-state index is 10.6. The van der Waals surface area contributed by atoms with Gasteiger partial charge in [0, 0.05) is 0 Å². The maximum Gasteiger partial charge on any atom is 0.110 e. The quantitative estimate of drug-likeness (QED) is 0.722. The van der Waals surface area contributed by atoms with Gasteiger partial charge in [-0.3, -0.25) is 0 Å². The van der Waals surface area contributed by atoms with Crippen LogP contribution in [0.25, 0.3) is 5.57 Å². The lowest BCUT2D eigenvalue weighted by Crippen LogP contribution is -3.00. The molecule has 1 aliphatic rings. The molecule has 1 saturated carbocycles. The molecule has 0 spiro atoms. The summed E-state index contributed by atoms with van der Waals surface area (Å²) in [5.41, 5.74) is 3.91. The second kappa shape index (κ2) is 10.5. The minimum atomic E-state index is -0.176. The largest absolute Gasteiger partial charge is 1.00 e. The minimum Gasteiger partial charge on any atom is -1.00 e. The van der Waals surface area contributed by atoms with E-state index in [0.29, 0.717) is 5.92 Å². The molecule has 5 heteroatoms. The molecular formula is C20H28ClNOS2. The Hall–Kier alpha value is -0.650. The van der Waals surface area contributed by atoms with E-state index in [2.05, 4.69) is 52.0 Å². The summed E-state index contributed by atoms with van der Waals surface area (Å²) >= 11 is 3.48. The lowest BCUT2D eigenvalue weighted by molar-refractivity contribution is -0.686. The van der Waals surface area contributed by atoms with Gasteiger partial charge in [0.05, 0.1) is 6.54 Å². The number of nitrogens with two attached hydrogens (primary N) is 1. The van der Waals surface area contributed by atoms with Gasteiger partial charge in [-0.15, -0.1) is 0 Å². The van der Waals surface area contributed by atoms with Crippen LogP contribution in [0.15, 0.2) is 39.7 Å². The van der Waals surface area contributed by atoms with Crippen molar-refractivity contribution in [3.05, 3.63) is 50.9 Å². The summed E-state index contributed by atoms with van der Waals surface area (Å²) in [6.07, 6.45) is 8.45. The first-order valence-corrected chi connectivity index (χ1v) is 10.9. The third kappa shape index (κ3) is 5.66. The number of halogens is 1. The predicted octanol–water partition coefficient (Wildman–Crippen LogP) is 1.14. The first-order valence-electron chi connectivity index (χ1n) is 9.02. The van der Waals surface area contributed by atoms with Gasteiger partial charge in [-0.05, 0) is 82.1 Å². The number of quaternary nitrogens is 1. The number of thiophene rings is 2. The van der Waals surface area contributed by atoms with Gasteiger partial charge < -0.3 is 22.8 Å². The van der Waals surface area contributed by atoms with Crippen molar-refractivity contribution in [2.24, 2.45) is 5.92 Å². The predicted molar refractivity (Wildman–Crippen MR) is 105 cm³/mol. The van der Waals surface area contributed by atoms with Gasteiger partial charge in [0.15, 0.2) is 0 Å². The second-order valence-corrected chi connectivity index (χ2v) is 8.42. The van der Waals surface area contributed by atoms with Crippen LogP contribution in [0.1, 0.15) is 50.2 Å². The van der Waals surface area contributed by atoms with Gasteiger partial charge >= 0.3 is 0 Å². The van der Waals surface area contributed by atoms with E-state index in [0.717, 1.165) is 6.54 Å². The number of aliphatic hydroxyl groups excluding tert-OH is 1. The molecule has 0 radical (unpaired) electrons. The van der Waals surface area contributed by atoms with Crippen molar-refractivity contribution in [2.45, 2.75) is 51.2 Å². The molecule has 0 aliphatic heterocycles. The lowest BCUT2D eigenvalue weighted by Gasteiger charge is -2.29. The first-order chi connectivity index (χ1) is 11.8. The van der Waals surface area contributed by atoms with Crippen LogP contribution < -0.4 is 17.7 Å². The highest BCUT2D eigenvalue weighted by Crippen LogP contribution is 2.28. The number of hydrogen-bond donors (Lipinski definition) is 2. The molecule has 2 heterocycles. The molecule has 2 atom stereocenters. The standard InChI is InChI=1S/C20H27NOS2.ClH/c1-15(20(22)16-5-3-2-4-6-16)21-10-7-19(17-8-11-23-13-17)18-9-12-24-14-18;/h7-9,11-16,20-22H,2-6,10H2,1H3;1H. The lowest BCUT2D eigenvalue weighted by atomic mass is 9.83. The molecule has 1 aliphatic carbocycles. The summed E-state index contributed by atoms with van der Waals surface area (Å²) in [6.45, 7) is 3.08. The molecule has 0 bridgehead atoms. The van der Waals surface area contributed by atoms with Gasteiger partial charge in [0.1, 0.15) is 12.1 Å². The summed E-state index contributed by atoms with van der Waals surface area (Å²) in [7, 11) is 0. The molecular weight excluding hydrogens is 370 g/mol. The van der Waals surface area contributed by atoms with Crippen LogP contribution in [0.2, 0.25) is 0 Å². The zero-order valence-electron chi connectivity index (χ0n) is 14.7. The Kier molecular flexibility index (Phi) is 8.67. The average Bonchev–Trinajstić information content (AvgIpc) is 3.32. The zero-order valence-corrected chi connectivity index (χ0v) is 17.1. The van der Waals surface area contributed by atoms with E-state index in [1.807, 2.05) is 0 Å². The van der Waals surface area contributed by atoms with Crippen LogP contribution in [0, 0.1) is 5.92 Å². The van der Waals surface area contributed by atoms with Gasteiger partial charge in [0.25, 0.3) is 0 Å². The van der Waals surface area contributed by atoms with Crippen molar-refractivity contribution in [1.29, 1.82) is 0 Å².